The smallest absolute Gasteiger partial charge is 0.248 e. The summed E-state index contributed by atoms with van der Waals surface area (Å²) in [6.07, 6.45) is 1.21. The fraction of sp³-hybridized carbons (Fsp3) is 0.800. The van der Waals surface area contributed by atoms with Gasteiger partial charge in [-0.05, 0) is 19.4 Å². The maximum absolute atomic E-state index is 12.9. The minimum absolute atomic E-state index is 0.0151. The van der Waals surface area contributed by atoms with Crippen molar-refractivity contribution >= 4 is 0 Å². The molecule has 1 aliphatic rings. The quantitative estimate of drug-likeness (QED) is 0.862. The summed E-state index contributed by atoms with van der Waals surface area (Å²) in [5, 5.41) is 3.76. The number of halogens is 2. The molecular weight excluding hydrogens is 216 g/mol. The fourth-order valence-corrected chi connectivity index (χ4v) is 1.95. The van der Waals surface area contributed by atoms with Gasteiger partial charge in [-0.1, -0.05) is 5.16 Å². The molecule has 0 aromatic carbocycles. The van der Waals surface area contributed by atoms with E-state index in [4.69, 9.17) is 10.3 Å². The molecule has 0 aliphatic heterocycles. The molecule has 0 saturated heterocycles. The predicted octanol–water partition coefficient (Wildman–Crippen LogP) is 1.86. The lowest BCUT2D eigenvalue weighted by atomic mass is 9.87. The maximum Gasteiger partial charge on any atom is 0.248 e. The van der Waals surface area contributed by atoms with Crippen LogP contribution in [0.2, 0.25) is 0 Å². The van der Waals surface area contributed by atoms with Gasteiger partial charge in [-0.15, -0.1) is 0 Å². The zero-order valence-electron chi connectivity index (χ0n) is 8.96. The molecule has 0 spiro atoms. The second kappa shape index (κ2) is 4.45. The minimum atomic E-state index is -2.52. The van der Waals surface area contributed by atoms with Crippen LogP contribution in [0, 0.1) is 0 Å². The number of alkyl halides is 2. The van der Waals surface area contributed by atoms with Crippen molar-refractivity contribution in [2.45, 2.75) is 43.9 Å². The molecule has 2 rings (SSSR count). The normalized spacial score (nSPS) is 21.2. The van der Waals surface area contributed by atoms with Crippen LogP contribution in [-0.4, -0.2) is 22.6 Å². The van der Waals surface area contributed by atoms with Crippen LogP contribution in [0.25, 0.3) is 0 Å². The van der Waals surface area contributed by atoms with Gasteiger partial charge < -0.3 is 10.3 Å². The highest BCUT2D eigenvalue weighted by Gasteiger charge is 2.37. The van der Waals surface area contributed by atoms with E-state index >= 15 is 0 Å². The third-order valence-corrected chi connectivity index (χ3v) is 2.92. The Labute approximate surface area is 92.2 Å². The third-order valence-electron chi connectivity index (χ3n) is 2.92. The molecule has 6 heteroatoms. The first-order valence-electron chi connectivity index (χ1n) is 5.51. The molecule has 1 aromatic rings. The van der Waals surface area contributed by atoms with E-state index in [1.807, 2.05) is 0 Å². The molecule has 1 heterocycles. The van der Waals surface area contributed by atoms with Gasteiger partial charge in [0.05, 0.1) is 0 Å². The van der Waals surface area contributed by atoms with Crippen molar-refractivity contribution in [1.82, 2.24) is 10.1 Å². The molecule has 1 aromatic heterocycles. The van der Waals surface area contributed by atoms with E-state index in [0.29, 0.717) is 37.5 Å². The van der Waals surface area contributed by atoms with E-state index < -0.39 is 5.92 Å². The van der Waals surface area contributed by atoms with Gasteiger partial charge in [0.1, 0.15) is 0 Å². The number of nitrogens with zero attached hydrogens (tertiary/aromatic N) is 2. The molecule has 2 N–H and O–H groups in total. The van der Waals surface area contributed by atoms with Crippen LogP contribution >= 0.6 is 0 Å². The second-order valence-corrected chi connectivity index (χ2v) is 4.22. The van der Waals surface area contributed by atoms with E-state index in [2.05, 4.69) is 10.1 Å². The highest BCUT2D eigenvalue weighted by Crippen LogP contribution is 2.40. The monoisotopic (exact) mass is 231 g/mol. The Bertz CT molecular complexity index is 344. The Morgan fingerprint density at radius 2 is 2.06 bits per heavy atom. The van der Waals surface area contributed by atoms with Crippen molar-refractivity contribution < 1.29 is 13.3 Å². The van der Waals surface area contributed by atoms with Crippen molar-refractivity contribution in [3.05, 3.63) is 11.7 Å². The minimum Gasteiger partial charge on any atom is -0.339 e. The number of rotatable bonds is 3. The van der Waals surface area contributed by atoms with Crippen molar-refractivity contribution in [2.24, 2.45) is 5.73 Å². The molecule has 0 radical (unpaired) electrons. The van der Waals surface area contributed by atoms with Crippen LogP contribution in [0.3, 0.4) is 0 Å². The summed E-state index contributed by atoms with van der Waals surface area (Å²) in [6, 6.07) is 0. The Balaban J connectivity index is 1.97. The standard InChI is InChI=1S/C10H15F2N3O/c11-10(12)4-1-7(2-5-10)9-14-8(3-6-13)15-16-9/h7H,1-6,13H2. The number of hydrogen-bond donors (Lipinski definition) is 1. The largest absolute Gasteiger partial charge is 0.339 e. The molecule has 1 fully saturated rings. The Hall–Kier alpha value is -1.04. The van der Waals surface area contributed by atoms with Crippen LogP contribution in [0.1, 0.15) is 43.3 Å². The van der Waals surface area contributed by atoms with Crippen molar-refractivity contribution in [1.29, 1.82) is 0 Å². The van der Waals surface area contributed by atoms with E-state index in [1.54, 1.807) is 0 Å². The molecule has 1 aliphatic carbocycles. The van der Waals surface area contributed by atoms with Gasteiger partial charge in [0.15, 0.2) is 5.82 Å². The molecule has 1 saturated carbocycles. The summed E-state index contributed by atoms with van der Waals surface area (Å²) in [7, 11) is 0. The Morgan fingerprint density at radius 3 is 2.69 bits per heavy atom. The van der Waals surface area contributed by atoms with Crippen LogP contribution in [0.15, 0.2) is 4.52 Å². The van der Waals surface area contributed by atoms with Crippen molar-refractivity contribution in [3.8, 4) is 0 Å². The van der Waals surface area contributed by atoms with E-state index in [1.165, 1.54) is 0 Å². The number of aromatic nitrogens is 2. The van der Waals surface area contributed by atoms with Gasteiger partial charge in [0.25, 0.3) is 0 Å². The van der Waals surface area contributed by atoms with Crippen LogP contribution in [0.5, 0.6) is 0 Å². The summed E-state index contributed by atoms with van der Waals surface area (Å²) >= 11 is 0. The van der Waals surface area contributed by atoms with E-state index in [-0.39, 0.29) is 18.8 Å². The average molecular weight is 231 g/mol. The predicted molar refractivity (Wildman–Crippen MR) is 53.2 cm³/mol. The first kappa shape index (κ1) is 11.4. The Kier molecular flexibility index (Phi) is 3.18. The van der Waals surface area contributed by atoms with Crippen molar-refractivity contribution in [2.75, 3.05) is 6.54 Å². The second-order valence-electron chi connectivity index (χ2n) is 4.22. The first-order valence-corrected chi connectivity index (χ1v) is 5.51. The fourth-order valence-electron chi connectivity index (χ4n) is 1.95. The maximum atomic E-state index is 12.9. The molecular formula is C10H15F2N3O. The third kappa shape index (κ3) is 2.55. The van der Waals surface area contributed by atoms with E-state index in [9.17, 15) is 8.78 Å². The zero-order valence-corrected chi connectivity index (χ0v) is 8.96. The summed E-state index contributed by atoms with van der Waals surface area (Å²) in [6.45, 7) is 0.460. The molecule has 0 bridgehead atoms. The molecule has 16 heavy (non-hydrogen) atoms. The van der Waals surface area contributed by atoms with E-state index in [0.717, 1.165) is 0 Å². The average Bonchev–Trinajstić information content (AvgIpc) is 2.67. The number of hydrogen-bond acceptors (Lipinski definition) is 4. The SMILES string of the molecule is NCCc1noc(C2CCC(F)(F)CC2)n1. The summed E-state index contributed by atoms with van der Waals surface area (Å²) in [5.41, 5.74) is 5.36. The Morgan fingerprint density at radius 1 is 1.38 bits per heavy atom. The topological polar surface area (TPSA) is 64.9 Å². The highest BCUT2D eigenvalue weighted by molar-refractivity contribution is 4.97. The lowest BCUT2D eigenvalue weighted by molar-refractivity contribution is -0.0402. The van der Waals surface area contributed by atoms with Gasteiger partial charge in [-0.2, -0.15) is 4.98 Å². The molecule has 4 nitrogen and oxygen atoms in total. The lowest BCUT2D eigenvalue weighted by Gasteiger charge is -2.25. The van der Waals surface area contributed by atoms with Crippen LogP contribution in [-0.2, 0) is 6.42 Å². The molecule has 0 unspecified atom stereocenters. The molecule has 0 atom stereocenters. The van der Waals surface area contributed by atoms with Gasteiger partial charge in [0.2, 0.25) is 11.8 Å². The van der Waals surface area contributed by atoms with Crippen LogP contribution in [0.4, 0.5) is 8.78 Å². The van der Waals surface area contributed by atoms with Gasteiger partial charge in [0, 0.05) is 25.2 Å². The van der Waals surface area contributed by atoms with Crippen LogP contribution < -0.4 is 5.73 Å². The van der Waals surface area contributed by atoms with Gasteiger partial charge in [-0.25, -0.2) is 8.78 Å². The summed E-state index contributed by atoms with van der Waals surface area (Å²) < 4.78 is 30.9. The van der Waals surface area contributed by atoms with Gasteiger partial charge >= 0.3 is 0 Å². The number of nitrogens with two attached hydrogens (primary N) is 1. The van der Waals surface area contributed by atoms with Crippen molar-refractivity contribution in [3.63, 3.8) is 0 Å². The molecule has 90 valence electrons. The summed E-state index contributed by atoms with van der Waals surface area (Å²) in [5.74, 6) is -1.48. The van der Waals surface area contributed by atoms with Gasteiger partial charge in [-0.3, -0.25) is 0 Å². The lowest BCUT2D eigenvalue weighted by Crippen LogP contribution is -2.23. The molecule has 0 amide bonds. The summed E-state index contributed by atoms with van der Waals surface area (Å²) in [4.78, 5) is 4.17. The first-order chi connectivity index (χ1) is 7.61. The zero-order chi connectivity index (χ0) is 11.6. The highest BCUT2D eigenvalue weighted by atomic mass is 19.3.